The van der Waals surface area contributed by atoms with Crippen LogP contribution in [0, 0.1) is 5.92 Å². The summed E-state index contributed by atoms with van der Waals surface area (Å²) in [6, 6.07) is 45.3. The number of para-hydroxylation sites is 2. The lowest BCUT2D eigenvalue weighted by molar-refractivity contribution is 0.156. The molecule has 0 saturated heterocycles. The van der Waals surface area contributed by atoms with E-state index in [0.29, 0.717) is 11.8 Å². The first-order valence-corrected chi connectivity index (χ1v) is 20.1. The van der Waals surface area contributed by atoms with Crippen LogP contribution in [0.25, 0.3) is 38.2 Å². The normalized spacial score (nSPS) is 22.0. The molecule has 0 spiro atoms. The highest BCUT2D eigenvalue weighted by Gasteiger charge is 2.44. The molecule has 6 aromatic rings. The second-order valence-electron chi connectivity index (χ2n) is 16.1. The Hall–Kier alpha value is -5.60. The third kappa shape index (κ3) is 5.46. The van der Waals surface area contributed by atoms with Crippen LogP contribution in [0.15, 0.2) is 163 Å². The van der Waals surface area contributed by atoms with Gasteiger partial charge in [-0.1, -0.05) is 166 Å². The summed E-state index contributed by atoms with van der Waals surface area (Å²) < 4.78 is 6.98. The van der Waals surface area contributed by atoms with Crippen LogP contribution in [-0.4, -0.2) is 5.60 Å². The first kappa shape index (κ1) is 33.0. The molecule has 1 fully saturated rings. The molecule has 1 saturated carbocycles. The summed E-state index contributed by atoms with van der Waals surface area (Å²) in [6.45, 7) is 4.58. The van der Waals surface area contributed by atoms with Crippen LogP contribution in [0.2, 0.25) is 0 Å². The molecule has 3 unspecified atom stereocenters. The molecule has 10 rings (SSSR count). The molecule has 266 valence electrons. The van der Waals surface area contributed by atoms with Gasteiger partial charge in [-0.25, -0.2) is 0 Å². The number of rotatable bonds is 6. The molecule has 4 aliphatic rings. The standard InChI is InChI=1S/C52H47NO/c1-35-31-32-49(45(34-35)42-25-13-21-38-20-12-24-40(50(38)42)37-16-4-3-5-17-37)53(47-30-14-19-36-18-6-7-22-39(36)47)48-29-9-8-23-41(48)43-26-15-27-44-46-28-10-11-33-52(46,2)54-51(43)44/h6-15,18-30,32-35,37,46H,3-5,16-17,31H2,1-2H3. The molecule has 0 aromatic heterocycles. The quantitative estimate of drug-likeness (QED) is 0.171. The fourth-order valence-corrected chi connectivity index (χ4v) is 9.89. The van der Waals surface area contributed by atoms with E-state index in [1.54, 1.807) is 0 Å². The van der Waals surface area contributed by atoms with E-state index in [-0.39, 0.29) is 5.92 Å². The Kier molecular flexibility index (Phi) is 8.17. The Morgan fingerprint density at radius 1 is 0.648 bits per heavy atom. The topological polar surface area (TPSA) is 12.5 Å². The third-order valence-corrected chi connectivity index (χ3v) is 12.5. The van der Waals surface area contributed by atoms with Gasteiger partial charge in [0.15, 0.2) is 0 Å². The van der Waals surface area contributed by atoms with Crippen molar-refractivity contribution < 1.29 is 4.74 Å². The zero-order chi connectivity index (χ0) is 36.2. The summed E-state index contributed by atoms with van der Waals surface area (Å²) in [5, 5.41) is 5.23. The molecule has 0 N–H and O–H groups in total. The van der Waals surface area contributed by atoms with Gasteiger partial charge < -0.3 is 9.64 Å². The molecule has 2 nitrogen and oxygen atoms in total. The van der Waals surface area contributed by atoms with E-state index in [2.05, 4.69) is 177 Å². The number of anilines is 2. The molecule has 6 aromatic carbocycles. The summed E-state index contributed by atoms with van der Waals surface area (Å²) in [4.78, 5) is 2.57. The van der Waals surface area contributed by atoms with Gasteiger partial charge in [-0.2, -0.15) is 0 Å². The van der Waals surface area contributed by atoms with Crippen molar-refractivity contribution >= 4 is 38.5 Å². The van der Waals surface area contributed by atoms with Gasteiger partial charge in [-0.3, -0.25) is 0 Å². The van der Waals surface area contributed by atoms with Gasteiger partial charge in [0.2, 0.25) is 0 Å². The van der Waals surface area contributed by atoms with Crippen LogP contribution >= 0.6 is 0 Å². The van der Waals surface area contributed by atoms with E-state index >= 15 is 0 Å². The highest BCUT2D eigenvalue weighted by Crippen LogP contribution is 2.54. The van der Waals surface area contributed by atoms with E-state index in [9.17, 15) is 0 Å². The van der Waals surface area contributed by atoms with Crippen molar-refractivity contribution in [2.45, 2.75) is 69.8 Å². The lowest BCUT2D eigenvalue weighted by Gasteiger charge is -2.35. The molecule has 3 aliphatic carbocycles. The van der Waals surface area contributed by atoms with Crippen LogP contribution in [0.3, 0.4) is 0 Å². The molecular formula is C52H47NO. The monoisotopic (exact) mass is 701 g/mol. The molecule has 0 bridgehead atoms. The highest BCUT2D eigenvalue weighted by molar-refractivity contribution is 6.06. The average molecular weight is 702 g/mol. The first-order chi connectivity index (χ1) is 26.6. The van der Waals surface area contributed by atoms with Crippen LogP contribution in [0.4, 0.5) is 11.4 Å². The molecule has 54 heavy (non-hydrogen) atoms. The second-order valence-corrected chi connectivity index (χ2v) is 16.1. The van der Waals surface area contributed by atoms with Crippen molar-refractivity contribution in [2.75, 3.05) is 4.90 Å². The lowest BCUT2D eigenvalue weighted by atomic mass is 9.79. The van der Waals surface area contributed by atoms with Crippen LogP contribution in [0.5, 0.6) is 5.75 Å². The smallest absolute Gasteiger partial charge is 0.135 e. The Morgan fingerprint density at radius 2 is 1.33 bits per heavy atom. The van der Waals surface area contributed by atoms with E-state index < -0.39 is 5.60 Å². The zero-order valence-corrected chi connectivity index (χ0v) is 31.3. The Morgan fingerprint density at radius 3 is 2.24 bits per heavy atom. The number of nitrogens with zero attached hydrogens (tertiary/aromatic N) is 1. The minimum atomic E-state index is -0.403. The number of allylic oxidation sites excluding steroid dienone is 5. The van der Waals surface area contributed by atoms with E-state index in [1.807, 2.05) is 0 Å². The molecule has 0 radical (unpaired) electrons. The van der Waals surface area contributed by atoms with Gasteiger partial charge in [0.25, 0.3) is 0 Å². The lowest BCUT2D eigenvalue weighted by Crippen LogP contribution is -2.32. The van der Waals surface area contributed by atoms with Gasteiger partial charge in [0, 0.05) is 39.3 Å². The fraction of sp³-hybridized carbons (Fsp3) is 0.231. The van der Waals surface area contributed by atoms with E-state index in [4.69, 9.17) is 4.74 Å². The maximum absolute atomic E-state index is 6.98. The summed E-state index contributed by atoms with van der Waals surface area (Å²) in [6.07, 6.45) is 21.4. The van der Waals surface area contributed by atoms with E-state index in [0.717, 1.165) is 29.0 Å². The maximum Gasteiger partial charge on any atom is 0.135 e. The summed E-state index contributed by atoms with van der Waals surface area (Å²) in [5.41, 5.74) is 10.9. The molecule has 1 aliphatic heterocycles. The largest absolute Gasteiger partial charge is 0.482 e. The van der Waals surface area contributed by atoms with Crippen molar-refractivity contribution in [3.63, 3.8) is 0 Å². The predicted molar refractivity (Wildman–Crippen MR) is 228 cm³/mol. The van der Waals surface area contributed by atoms with Crippen LogP contribution in [0.1, 0.15) is 80.9 Å². The molecular weight excluding hydrogens is 655 g/mol. The van der Waals surface area contributed by atoms with Crippen LogP contribution in [-0.2, 0) is 0 Å². The van der Waals surface area contributed by atoms with Crippen molar-refractivity contribution in [1.29, 1.82) is 0 Å². The van der Waals surface area contributed by atoms with Crippen molar-refractivity contribution in [3.05, 3.63) is 180 Å². The number of hydrogen-bond donors (Lipinski definition) is 0. The van der Waals surface area contributed by atoms with Crippen molar-refractivity contribution in [2.24, 2.45) is 5.92 Å². The second kappa shape index (κ2) is 13.4. The Balaban J connectivity index is 1.21. The van der Waals surface area contributed by atoms with Crippen molar-refractivity contribution in [1.82, 2.24) is 0 Å². The predicted octanol–water partition coefficient (Wildman–Crippen LogP) is 14.2. The van der Waals surface area contributed by atoms with E-state index in [1.165, 1.54) is 87.3 Å². The van der Waals surface area contributed by atoms with Gasteiger partial charge >= 0.3 is 0 Å². The summed E-state index contributed by atoms with van der Waals surface area (Å²) in [5.74, 6) is 2.18. The van der Waals surface area contributed by atoms with Crippen LogP contribution < -0.4 is 9.64 Å². The summed E-state index contributed by atoms with van der Waals surface area (Å²) in [7, 11) is 0. The number of hydrogen-bond acceptors (Lipinski definition) is 2. The molecule has 0 amide bonds. The Labute approximate surface area is 319 Å². The van der Waals surface area contributed by atoms with Gasteiger partial charge in [-0.15, -0.1) is 0 Å². The Bertz CT molecular complexity index is 2530. The number of fused-ring (bicyclic) bond motifs is 5. The molecule has 3 atom stereocenters. The van der Waals surface area contributed by atoms with Gasteiger partial charge in [0.1, 0.15) is 11.4 Å². The van der Waals surface area contributed by atoms with Crippen molar-refractivity contribution in [3.8, 4) is 16.9 Å². The zero-order valence-electron chi connectivity index (χ0n) is 31.3. The minimum Gasteiger partial charge on any atom is -0.482 e. The van der Waals surface area contributed by atoms with Gasteiger partial charge in [0.05, 0.1) is 11.4 Å². The first-order valence-electron chi connectivity index (χ1n) is 20.1. The fourth-order valence-electron chi connectivity index (χ4n) is 9.89. The molecule has 1 heterocycles. The third-order valence-electron chi connectivity index (χ3n) is 12.5. The average Bonchev–Trinajstić information content (AvgIpc) is 3.54. The van der Waals surface area contributed by atoms with Gasteiger partial charge in [-0.05, 0) is 83.5 Å². The maximum atomic E-state index is 6.98. The number of benzene rings is 6. The SMILES string of the molecule is CC1C=C(c2cccc3cccc(C4CCCCC4)c23)C(N(c2ccccc2-c2cccc3c2OC2(C)C=CC=CC32)c2cccc3ccccc23)=CC1. The highest BCUT2D eigenvalue weighted by atomic mass is 16.5. The number of ether oxygens (including phenoxy) is 1. The summed E-state index contributed by atoms with van der Waals surface area (Å²) >= 11 is 0. The molecule has 2 heteroatoms. The minimum absolute atomic E-state index is 0.181.